The second-order valence-corrected chi connectivity index (χ2v) is 10.7. The average Bonchev–Trinajstić information content (AvgIpc) is 3.76. The third-order valence-electron chi connectivity index (χ3n) is 6.93. The molecule has 46 heavy (non-hydrogen) atoms. The molecule has 0 radical (unpaired) electrons. The summed E-state index contributed by atoms with van der Waals surface area (Å²) < 4.78 is 65.1. The predicted molar refractivity (Wildman–Crippen MR) is 173 cm³/mol. The Hall–Kier alpha value is -2.41. The molecule has 0 aliphatic carbocycles. The molecule has 0 atom stereocenters. The monoisotopic (exact) mass is 710 g/mol. The number of halogens is 6. The molecule has 2 aliphatic rings. The second kappa shape index (κ2) is 18.8. The normalized spacial score (nSPS) is 12.5. The maximum Gasteiger partial charge on any atom is 1.00 e. The number of benzene rings is 2. The van der Waals surface area contributed by atoms with Gasteiger partial charge < -0.3 is 21.0 Å². The van der Waals surface area contributed by atoms with Crippen LogP contribution in [0.2, 0.25) is 10.0 Å². The molecule has 2 aromatic heterocycles. The van der Waals surface area contributed by atoms with Gasteiger partial charge in [-0.1, -0.05) is 29.3 Å². The minimum absolute atomic E-state index is 0. The van der Waals surface area contributed by atoms with Crippen LogP contribution in [0.5, 0.6) is 0 Å². The summed E-state index contributed by atoms with van der Waals surface area (Å²) in [6.45, 7) is 3.83. The molecule has 0 bridgehead atoms. The van der Waals surface area contributed by atoms with Crippen molar-refractivity contribution in [2.24, 2.45) is 0 Å². The first-order valence-corrected chi connectivity index (χ1v) is 15.3. The second-order valence-electron chi connectivity index (χ2n) is 9.92. The molecule has 4 heterocycles. The van der Waals surface area contributed by atoms with Gasteiger partial charge in [0.2, 0.25) is 0 Å². The van der Waals surface area contributed by atoms with E-state index in [4.69, 9.17) is 35.0 Å². The van der Waals surface area contributed by atoms with E-state index in [9.17, 15) is 27.2 Å². The van der Waals surface area contributed by atoms with Gasteiger partial charge in [-0.25, -0.2) is 22.4 Å². The van der Waals surface area contributed by atoms with Gasteiger partial charge in [-0.15, -0.1) is 0 Å². The van der Waals surface area contributed by atoms with Gasteiger partial charge in [0.05, 0.1) is 16.7 Å². The van der Waals surface area contributed by atoms with Crippen LogP contribution in [-0.2, 0) is 37.1 Å². The number of carbonyl (C=O) groups excluding carboxylic acids is 2. The van der Waals surface area contributed by atoms with Crippen molar-refractivity contribution in [2.75, 3.05) is 18.6 Å². The summed E-state index contributed by atoms with van der Waals surface area (Å²) >= 11 is 15.5. The van der Waals surface area contributed by atoms with Gasteiger partial charge in [0, 0.05) is 38.0 Å². The number of ketones is 1. The predicted octanol–water partition coefficient (Wildman–Crippen LogP) is 5.27. The minimum Gasteiger partial charge on any atom is -1.00 e. The number of thiol groups is 1. The van der Waals surface area contributed by atoms with Crippen LogP contribution < -0.4 is 35.3 Å². The van der Waals surface area contributed by atoms with Gasteiger partial charge in [-0.2, -0.15) is 12.6 Å². The number of anilines is 1. The number of hydrogen-bond acceptors (Lipinski definition) is 5. The van der Waals surface area contributed by atoms with E-state index in [1.165, 1.54) is 12.1 Å². The van der Waals surface area contributed by atoms with Crippen molar-refractivity contribution in [2.45, 2.75) is 52.1 Å². The quantitative estimate of drug-likeness (QED) is 0.0740. The number of nitrogen functional groups attached to an aromatic ring is 1. The number of fused-ring (bicyclic) bond motifs is 2. The summed E-state index contributed by atoms with van der Waals surface area (Å²) in [4.78, 5) is 23.9. The Balaban J connectivity index is 0.000000361. The van der Waals surface area contributed by atoms with Gasteiger partial charge in [0.1, 0.15) is 11.4 Å². The van der Waals surface area contributed by atoms with E-state index in [0.29, 0.717) is 33.6 Å². The molecule has 6 nitrogen and oxygen atoms in total. The van der Waals surface area contributed by atoms with Crippen LogP contribution in [0, 0.1) is 23.3 Å². The number of nitrogens with two attached hydrogens (primary N) is 1. The van der Waals surface area contributed by atoms with Crippen LogP contribution in [0.1, 0.15) is 60.5 Å². The molecular formula is C32H34Cl2F4N3NaO3S. The number of aromatic nitrogens is 2. The van der Waals surface area contributed by atoms with E-state index in [-0.39, 0.29) is 61.1 Å². The third kappa shape index (κ3) is 10.0. The van der Waals surface area contributed by atoms with E-state index in [0.717, 1.165) is 74.4 Å². The number of esters is 1. The van der Waals surface area contributed by atoms with Gasteiger partial charge in [0.25, 0.3) is 0 Å². The molecule has 0 saturated heterocycles. The molecule has 0 amide bonds. The summed E-state index contributed by atoms with van der Waals surface area (Å²) in [6.07, 6.45) is 4.20. The van der Waals surface area contributed by atoms with Crippen LogP contribution in [0.3, 0.4) is 0 Å². The molecule has 0 fully saturated rings. The fourth-order valence-electron chi connectivity index (χ4n) is 5.01. The van der Waals surface area contributed by atoms with Crippen molar-refractivity contribution in [1.29, 1.82) is 0 Å². The zero-order chi connectivity index (χ0) is 34.0. The summed E-state index contributed by atoms with van der Waals surface area (Å²) in [5.74, 6) is -4.12. The smallest absolute Gasteiger partial charge is 1.00 e. The van der Waals surface area contributed by atoms with E-state index >= 15 is 0 Å². The van der Waals surface area contributed by atoms with Crippen molar-refractivity contribution in [3.8, 4) is 0 Å². The number of Topliss-reactive ketones (excluding diaryl/α,β-unsaturated/α-hetero) is 1. The zero-order valence-electron chi connectivity index (χ0n) is 27.4. The molecule has 244 valence electrons. The Kier molecular flexibility index (Phi) is 15.6. The molecule has 2 aliphatic heterocycles. The van der Waals surface area contributed by atoms with Gasteiger partial charge >= 0.3 is 35.5 Å². The molecule has 0 spiro atoms. The molecule has 0 unspecified atom stereocenters. The first-order chi connectivity index (χ1) is 21.9. The van der Waals surface area contributed by atoms with E-state index < -0.39 is 23.3 Å². The van der Waals surface area contributed by atoms with E-state index in [1.807, 2.05) is 21.3 Å². The molecule has 2 aromatic carbocycles. The Morgan fingerprint density at radius 2 is 1.39 bits per heavy atom. The van der Waals surface area contributed by atoms with Gasteiger partial charge in [0.15, 0.2) is 29.1 Å². The molecule has 14 heteroatoms. The molecule has 2 N–H and O–H groups in total. The number of carbonyl (C=O) groups is 2. The maximum atomic E-state index is 13.2. The molecule has 6 rings (SSSR count). The zero-order valence-corrected chi connectivity index (χ0v) is 29.8. The first-order valence-electron chi connectivity index (χ1n) is 14.6. The average molecular weight is 712 g/mol. The van der Waals surface area contributed by atoms with Gasteiger partial charge in [-0.05, 0) is 86.9 Å². The van der Waals surface area contributed by atoms with Crippen LogP contribution >= 0.6 is 35.8 Å². The SMILES string of the molecule is CCOC(=O)c1c(Cl)cc2n1CCC2.Nc1ccc(F)c(F)c1.O=C(Cc1ccc(F)c(F)c1)c1c(Cl)cc2n1CCC2.[2H]CS.[H-].[Na+]. The van der Waals surface area contributed by atoms with Crippen LogP contribution in [0.15, 0.2) is 48.5 Å². The summed E-state index contributed by atoms with van der Waals surface area (Å²) in [7, 11) is 0. The number of hydrogen-bond donors (Lipinski definition) is 2. The Labute approximate surface area is 305 Å². The Morgan fingerprint density at radius 1 is 0.891 bits per heavy atom. The summed E-state index contributed by atoms with van der Waals surface area (Å²) in [5, 5.41) is 0.949. The molecular weight excluding hydrogens is 676 g/mol. The molecule has 0 saturated carbocycles. The van der Waals surface area contributed by atoms with Crippen molar-refractivity contribution in [3.63, 3.8) is 0 Å². The summed E-state index contributed by atoms with van der Waals surface area (Å²) in [5.41, 5.74) is 8.98. The summed E-state index contributed by atoms with van der Waals surface area (Å²) in [6, 6.07) is 10.4. The van der Waals surface area contributed by atoms with E-state index in [2.05, 4.69) is 12.6 Å². The third-order valence-corrected chi connectivity index (χ3v) is 7.50. The van der Waals surface area contributed by atoms with Gasteiger partial charge in [-0.3, -0.25) is 4.79 Å². The molecule has 4 aromatic rings. The fourth-order valence-corrected chi connectivity index (χ4v) is 5.65. The largest absolute Gasteiger partial charge is 1.00 e. The minimum atomic E-state index is -0.943. The van der Waals surface area contributed by atoms with Crippen LogP contribution in [0.25, 0.3) is 0 Å². The van der Waals surface area contributed by atoms with Crippen molar-refractivity contribution < 1.29 is 64.2 Å². The Morgan fingerprint density at radius 3 is 1.89 bits per heavy atom. The van der Waals surface area contributed by atoms with Crippen LogP contribution in [-0.4, -0.2) is 33.7 Å². The van der Waals surface area contributed by atoms with Crippen molar-refractivity contribution in [1.82, 2.24) is 9.13 Å². The van der Waals surface area contributed by atoms with Crippen LogP contribution in [0.4, 0.5) is 23.2 Å². The fraction of sp³-hybridized carbons (Fsp3) is 0.312. The van der Waals surface area contributed by atoms with Crippen molar-refractivity contribution in [3.05, 3.63) is 110 Å². The van der Waals surface area contributed by atoms with E-state index in [1.54, 1.807) is 6.92 Å². The number of nitrogens with zero attached hydrogens (tertiary/aromatic N) is 2. The van der Waals surface area contributed by atoms with Crippen molar-refractivity contribution >= 4 is 53.3 Å². The number of ether oxygens (including phenoxy) is 1. The number of aryl methyl sites for hydroxylation is 2. The standard InChI is InChI=1S/C15H12ClF2NO.C10H12ClNO2.C6H5F2N.CH4S.Na.H/c16-11-8-10-2-1-5-19(10)15(11)14(20)7-9-3-4-12(17)13(18)6-9;1-2-14-10(13)9-8(11)6-7-4-3-5-12(7)9;7-5-2-1-4(9)3-6(5)8;1-2;;/h3-4,6,8H,1-2,5,7H2;6H,2-5H2,1H3;1-3H,9H2;2H,1H3;;/q;;;;+1;-1/i;;;1D;;. The Bertz CT molecular complexity index is 1690. The first kappa shape index (κ1) is 38.0. The topological polar surface area (TPSA) is 79.2 Å². The maximum absolute atomic E-state index is 13.2. The number of rotatable bonds is 5.